The Morgan fingerprint density at radius 3 is 2.67 bits per heavy atom. The monoisotopic (exact) mass is 330 g/mol. The molecule has 0 saturated carbocycles. The number of sulfonamides is 1. The second-order valence-corrected chi connectivity index (χ2v) is 5.94. The summed E-state index contributed by atoms with van der Waals surface area (Å²) in [4.78, 5) is 14.2. The second kappa shape index (κ2) is 5.66. The highest BCUT2D eigenvalue weighted by atomic mass is 35.5. The largest absolute Gasteiger partial charge is 0.476 e. The van der Waals surface area contributed by atoms with Gasteiger partial charge in [-0.05, 0) is 30.3 Å². The highest BCUT2D eigenvalue weighted by molar-refractivity contribution is 7.92. The maximum atomic E-state index is 12.9. The Hall–Kier alpha value is -2.19. The maximum absolute atomic E-state index is 12.9. The molecule has 1 heterocycles. The number of anilines is 1. The zero-order valence-corrected chi connectivity index (χ0v) is 11.8. The van der Waals surface area contributed by atoms with Crippen molar-refractivity contribution in [1.29, 1.82) is 0 Å². The number of halogens is 2. The lowest BCUT2D eigenvalue weighted by Gasteiger charge is -2.10. The normalized spacial score (nSPS) is 11.1. The maximum Gasteiger partial charge on any atom is 0.356 e. The molecule has 1 aromatic carbocycles. The molecule has 0 aliphatic heterocycles. The topological polar surface area (TPSA) is 96.4 Å². The highest BCUT2D eigenvalue weighted by Gasteiger charge is 2.21. The lowest BCUT2D eigenvalue weighted by atomic mass is 10.3. The fraction of sp³-hybridized carbons (Fsp3) is 0. The fourth-order valence-electron chi connectivity index (χ4n) is 1.55. The number of carbonyl (C=O) groups is 1. The van der Waals surface area contributed by atoms with Gasteiger partial charge in [0.05, 0.1) is 10.7 Å². The molecule has 2 rings (SSSR count). The molecule has 0 aliphatic rings. The van der Waals surface area contributed by atoms with Crippen LogP contribution in [0.25, 0.3) is 0 Å². The molecule has 1 aromatic heterocycles. The average Bonchev–Trinajstić information content (AvgIpc) is 2.37. The van der Waals surface area contributed by atoms with Gasteiger partial charge in [-0.25, -0.2) is 22.6 Å². The number of carboxylic acid groups (broad SMARTS) is 1. The van der Waals surface area contributed by atoms with Crippen LogP contribution in [0.2, 0.25) is 5.02 Å². The van der Waals surface area contributed by atoms with Gasteiger partial charge in [0, 0.05) is 6.20 Å². The molecule has 0 radical (unpaired) electrons. The third-order valence-corrected chi connectivity index (χ3v) is 4.29. The molecule has 0 bridgehead atoms. The van der Waals surface area contributed by atoms with Gasteiger partial charge in [0.2, 0.25) is 0 Å². The molecular weight excluding hydrogens is 323 g/mol. The van der Waals surface area contributed by atoms with Gasteiger partial charge in [0.1, 0.15) is 10.7 Å². The minimum Gasteiger partial charge on any atom is -0.476 e. The first kappa shape index (κ1) is 15.2. The molecule has 0 fully saturated rings. The summed E-state index contributed by atoms with van der Waals surface area (Å²) in [6.07, 6.45) is 1.21. The van der Waals surface area contributed by atoms with Gasteiger partial charge in [-0.15, -0.1) is 0 Å². The molecule has 0 atom stereocenters. The highest BCUT2D eigenvalue weighted by Crippen LogP contribution is 2.25. The van der Waals surface area contributed by atoms with E-state index >= 15 is 0 Å². The van der Waals surface area contributed by atoms with Crippen LogP contribution in [0.5, 0.6) is 0 Å². The Morgan fingerprint density at radius 2 is 2.05 bits per heavy atom. The number of aromatic carboxylic acids is 1. The van der Waals surface area contributed by atoms with Crippen molar-refractivity contribution >= 4 is 33.3 Å². The van der Waals surface area contributed by atoms with Crippen LogP contribution in [0.15, 0.2) is 41.4 Å². The standard InChI is InChI=1S/C12H8ClFN2O4S/c13-8-6-7(14)3-4-10(8)21(19,20)16-9-2-1-5-15-11(9)12(17)18/h1-6,16H,(H,17,18). The van der Waals surface area contributed by atoms with Crippen molar-refractivity contribution in [3.63, 3.8) is 0 Å². The van der Waals surface area contributed by atoms with E-state index in [4.69, 9.17) is 16.7 Å². The van der Waals surface area contributed by atoms with Crippen molar-refractivity contribution < 1.29 is 22.7 Å². The van der Waals surface area contributed by atoms with Gasteiger partial charge in [0.25, 0.3) is 10.0 Å². The lowest BCUT2D eigenvalue weighted by Crippen LogP contribution is -2.16. The zero-order chi connectivity index (χ0) is 15.6. The van der Waals surface area contributed by atoms with Gasteiger partial charge < -0.3 is 5.11 Å². The van der Waals surface area contributed by atoms with Crippen molar-refractivity contribution in [2.24, 2.45) is 0 Å². The number of nitrogens with one attached hydrogen (secondary N) is 1. The molecule has 9 heteroatoms. The number of hydrogen-bond acceptors (Lipinski definition) is 4. The molecule has 21 heavy (non-hydrogen) atoms. The van der Waals surface area contributed by atoms with E-state index in [1.165, 1.54) is 18.3 Å². The zero-order valence-electron chi connectivity index (χ0n) is 10.2. The molecule has 6 nitrogen and oxygen atoms in total. The molecule has 0 unspecified atom stereocenters. The van der Waals surface area contributed by atoms with Crippen LogP contribution < -0.4 is 4.72 Å². The third-order valence-electron chi connectivity index (χ3n) is 2.44. The lowest BCUT2D eigenvalue weighted by molar-refractivity contribution is 0.0692. The number of pyridine rings is 1. The molecule has 2 aromatic rings. The van der Waals surface area contributed by atoms with Gasteiger partial charge in [0.15, 0.2) is 5.69 Å². The van der Waals surface area contributed by atoms with Crippen LogP contribution in [0.1, 0.15) is 10.5 Å². The van der Waals surface area contributed by atoms with E-state index < -0.39 is 27.5 Å². The first-order chi connectivity index (χ1) is 9.81. The minimum atomic E-state index is -4.17. The van der Waals surface area contributed by atoms with Crippen molar-refractivity contribution in [3.8, 4) is 0 Å². The van der Waals surface area contributed by atoms with Crippen molar-refractivity contribution in [2.75, 3.05) is 4.72 Å². The van der Waals surface area contributed by atoms with Crippen molar-refractivity contribution in [2.45, 2.75) is 4.90 Å². The number of aromatic nitrogens is 1. The van der Waals surface area contributed by atoms with Crippen LogP contribution in [0, 0.1) is 5.82 Å². The number of nitrogens with zero attached hydrogens (tertiary/aromatic N) is 1. The van der Waals surface area contributed by atoms with Crippen LogP contribution in [0.4, 0.5) is 10.1 Å². The molecule has 0 spiro atoms. The quantitative estimate of drug-likeness (QED) is 0.897. The Bertz CT molecular complexity index is 811. The van der Waals surface area contributed by atoms with Crippen molar-refractivity contribution in [3.05, 3.63) is 53.1 Å². The summed E-state index contributed by atoms with van der Waals surface area (Å²) in [5.41, 5.74) is -0.676. The number of benzene rings is 1. The van der Waals surface area contributed by atoms with Crippen LogP contribution in [0.3, 0.4) is 0 Å². The van der Waals surface area contributed by atoms with E-state index in [2.05, 4.69) is 9.71 Å². The van der Waals surface area contributed by atoms with E-state index in [0.717, 1.165) is 18.2 Å². The summed E-state index contributed by atoms with van der Waals surface area (Å²) in [5.74, 6) is -2.08. The van der Waals surface area contributed by atoms with Crippen molar-refractivity contribution in [1.82, 2.24) is 4.98 Å². The molecule has 110 valence electrons. The van der Waals surface area contributed by atoms with E-state index in [-0.39, 0.29) is 15.6 Å². The van der Waals surface area contributed by atoms with Crippen LogP contribution in [-0.2, 0) is 10.0 Å². The van der Waals surface area contributed by atoms with E-state index in [1.807, 2.05) is 0 Å². The van der Waals surface area contributed by atoms with E-state index in [9.17, 15) is 17.6 Å². The SMILES string of the molecule is O=C(O)c1ncccc1NS(=O)(=O)c1ccc(F)cc1Cl. The summed E-state index contributed by atoms with van der Waals surface area (Å²) in [6, 6.07) is 5.37. The molecule has 0 amide bonds. The van der Waals surface area contributed by atoms with Gasteiger partial charge in [-0.1, -0.05) is 11.6 Å². The average molecular weight is 331 g/mol. The molecule has 0 aliphatic carbocycles. The van der Waals surface area contributed by atoms with E-state index in [0.29, 0.717) is 0 Å². The Labute approximate surface area is 124 Å². The Kier molecular flexibility index (Phi) is 4.10. The Morgan fingerprint density at radius 1 is 1.33 bits per heavy atom. The number of carboxylic acids is 1. The molecule has 0 saturated heterocycles. The predicted molar refractivity (Wildman–Crippen MR) is 73.4 cm³/mol. The summed E-state index contributed by atoms with van der Waals surface area (Å²) in [7, 11) is -4.17. The summed E-state index contributed by atoms with van der Waals surface area (Å²) < 4.78 is 39.4. The summed E-state index contributed by atoms with van der Waals surface area (Å²) in [5, 5.41) is 8.63. The summed E-state index contributed by atoms with van der Waals surface area (Å²) >= 11 is 5.69. The smallest absolute Gasteiger partial charge is 0.356 e. The molecular formula is C12H8ClFN2O4S. The van der Waals surface area contributed by atoms with Crippen LogP contribution >= 0.6 is 11.6 Å². The number of rotatable bonds is 4. The van der Waals surface area contributed by atoms with Gasteiger partial charge in [-0.2, -0.15) is 0 Å². The van der Waals surface area contributed by atoms with E-state index in [1.54, 1.807) is 0 Å². The predicted octanol–water partition coefficient (Wildman–Crippen LogP) is 2.37. The Balaban J connectivity index is 2.45. The minimum absolute atomic E-state index is 0.217. The third kappa shape index (κ3) is 3.29. The number of hydrogen-bond donors (Lipinski definition) is 2. The fourth-order valence-corrected chi connectivity index (χ4v) is 3.15. The first-order valence-corrected chi connectivity index (χ1v) is 7.33. The summed E-state index contributed by atoms with van der Waals surface area (Å²) in [6.45, 7) is 0. The second-order valence-electron chi connectivity index (χ2n) is 3.88. The molecule has 2 N–H and O–H groups in total. The first-order valence-electron chi connectivity index (χ1n) is 5.47. The van der Waals surface area contributed by atoms with Gasteiger partial charge in [-0.3, -0.25) is 4.72 Å². The van der Waals surface area contributed by atoms with Crippen LogP contribution in [-0.4, -0.2) is 24.5 Å². The van der Waals surface area contributed by atoms with Gasteiger partial charge >= 0.3 is 5.97 Å².